The first-order chi connectivity index (χ1) is 15.5. The minimum atomic E-state index is -3.73. The van der Waals surface area contributed by atoms with Crippen molar-refractivity contribution in [3.63, 3.8) is 0 Å². The van der Waals surface area contributed by atoms with E-state index in [0.29, 0.717) is 61.4 Å². The zero-order chi connectivity index (χ0) is 22.6. The first-order valence-electron chi connectivity index (χ1n) is 9.96. The Morgan fingerprint density at radius 3 is 2.78 bits per heavy atom. The quantitative estimate of drug-likeness (QED) is 0.519. The van der Waals surface area contributed by atoms with Gasteiger partial charge in [-0.3, -0.25) is 0 Å². The summed E-state index contributed by atoms with van der Waals surface area (Å²) in [6.45, 7) is 4.84. The van der Waals surface area contributed by atoms with E-state index in [1.165, 1.54) is 25.4 Å². The van der Waals surface area contributed by atoms with Gasteiger partial charge in [0.05, 0.1) is 38.0 Å². The molecule has 32 heavy (non-hydrogen) atoms. The van der Waals surface area contributed by atoms with Gasteiger partial charge in [0.2, 0.25) is 21.7 Å². The van der Waals surface area contributed by atoms with Gasteiger partial charge in [-0.2, -0.15) is 9.97 Å². The summed E-state index contributed by atoms with van der Waals surface area (Å²) in [7, 11) is -2.21. The summed E-state index contributed by atoms with van der Waals surface area (Å²) in [5, 5.41) is 3.45. The molecule has 0 unspecified atom stereocenters. The third-order valence-corrected chi connectivity index (χ3v) is 7.73. The predicted molar refractivity (Wildman–Crippen MR) is 120 cm³/mol. The second-order valence-corrected chi connectivity index (χ2v) is 9.92. The Morgan fingerprint density at radius 2 is 2.03 bits per heavy atom. The molecule has 0 spiro atoms. The summed E-state index contributed by atoms with van der Waals surface area (Å²) in [6, 6.07) is 8.05. The average Bonchev–Trinajstić information content (AvgIpc) is 3.29. The van der Waals surface area contributed by atoms with Gasteiger partial charge in [0.1, 0.15) is 15.8 Å². The van der Waals surface area contributed by atoms with Crippen LogP contribution in [0.2, 0.25) is 0 Å². The zero-order valence-corrected chi connectivity index (χ0v) is 19.3. The Bertz CT molecular complexity index is 1180. The third kappa shape index (κ3) is 4.92. The molecular weight excluding hydrogens is 454 g/mol. The van der Waals surface area contributed by atoms with Gasteiger partial charge in [-0.1, -0.05) is 17.4 Å². The number of anilines is 3. The van der Waals surface area contributed by atoms with Crippen LogP contribution in [-0.4, -0.2) is 63.4 Å². The van der Waals surface area contributed by atoms with Crippen LogP contribution in [0.3, 0.4) is 0 Å². The zero-order valence-electron chi connectivity index (χ0n) is 17.6. The fraction of sp³-hybridized carbons (Fsp3) is 0.350. The minimum absolute atomic E-state index is 0.114. The van der Waals surface area contributed by atoms with Crippen LogP contribution in [0.15, 0.2) is 45.6 Å². The van der Waals surface area contributed by atoms with Crippen LogP contribution in [0.25, 0.3) is 0 Å². The number of rotatable bonds is 8. The normalized spacial score (nSPS) is 14.2. The fourth-order valence-corrected chi connectivity index (χ4v) is 5.53. The molecule has 1 aliphatic rings. The lowest BCUT2D eigenvalue weighted by molar-refractivity contribution is 0.122. The Hall–Kier alpha value is -2.96. The highest BCUT2D eigenvalue weighted by atomic mass is 32.2. The topological polar surface area (TPSA) is 116 Å². The van der Waals surface area contributed by atoms with E-state index < -0.39 is 9.84 Å². The number of morpholine rings is 1. The number of nitrogens with zero attached hydrogens (tertiary/aromatic N) is 4. The van der Waals surface area contributed by atoms with E-state index in [2.05, 4.69) is 20.3 Å². The number of aromatic nitrogens is 3. The lowest BCUT2D eigenvalue weighted by atomic mass is 10.3. The van der Waals surface area contributed by atoms with E-state index in [1.807, 2.05) is 11.8 Å². The second kappa shape index (κ2) is 9.67. The maximum atomic E-state index is 13.0. The molecule has 1 saturated heterocycles. The molecule has 0 amide bonds. The molecule has 1 N–H and O–H groups in total. The van der Waals surface area contributed by atoms with Crippen LogP contribution in [0.4, 0.5) is 16.9 Å². The van der Waals surface area contributed by atoms with Gasteiger partial charge in [-0.05, 0) is 25.1 Å². The highest BCUT2D eigenvalue weighted by Gasteiger charge is 2.22. The first-order valence-corrected chi connectivity index (χ1v) is 12.3. The number of nitrogens with one attached hydrogen (secondary N) is 1. The van der Waals surface area contributed by atoms with Crippen LogP contribution in [0.5, 0.6) is 11.6 Å². The van der Waals surface area contributed by atoms with Crippen LogP contribution < -0.4 is 19.7 Å². The number of benzene rings is 1. The van der Waals surface area contributed by atoms with E-state index in [1.54, 1.807) is 18.2 Å². The van der Waals surface area contributed by atoms with Crippen molar-refractivity contribution in [1.82, 2.24) is 15.0 Å². The van der Waals surface area contributed by atoms with Gasteiger partial charge in [-0.15, -0.1) is 0 Å². The first kappa shape index (κ1) is 22.2. The van der Waals surface area contributed by atoms with E-state index >= 15 is 0 Å². The maximum Gasteiger partial charge on any atom is 0.230 e. The second-order valence-electron chi connectivity index (χ2n) is 6.72. The summed E-state index contributed by atoms with van der Waals surface area (Å²) in [5.74, 6) is 1.85. The lowest BCUT2D eigenvalue weighted by Crippen LogP contribution is -2.37. The lowest BCUT2D eigenvalue weighted by Gasteiger charge is -2.27. The molecule has 2 aromatic heterocycles. The number of sulfone groups is 1. The molecule has 3 aromatic rings. The van der Waals surface area contributed by atoms with Crippen LogP contribution in [-0.2, 0) is 14.6 Å². The van der Waals surface area contributed by atoms with Crippen LogP contribution in [0, 0.1) is 0 Å². The number of methoxy groups -OCH3 is 1. The smallest absolute Gasteiger partial charge is 0.230 e. The molecule has 4 rings (SSSR count). The molecule has 1 aliphatic heterocycles. The molecular formula is C20H23N5O5S2. The van der Waals surface area contributed by atoms with Crippen molar-refractivity contribution in [1.29, 1.82) is 0 Å². The van der Waals surface area contributed by atoms with Crippen molar-refractivity contribution in [2.75, 3.05) is 50.2 Å². The van der Waals surface area contributed by atoms with Gasteiger partial charge >= 0.3 is 0 Å². The predicted octanol–water partition coefficient (Wildman–Crippen LogP) is 2.75. The monoisotopic (exact) mass is 477 g/mol. The summed E-state index contributed by atoms with van der Waals surface area (Å²) < 4.78 is 42.3. The van der Waals surface area contributed by atoms with E-state index in [-0.39, 0.29) is 9.10 Å². The summed E-state index contributed by atoms with van der Waals surface area (Å²) >= 11 is 1.02. The molecule has 1 fully saturated rings. The van der Waals surface area contributed by atoms with Gasteiger partial charge in [-0.25, -0.2) is 13.4 Å². The third-order valence-electron chi connectivity index (χ3n) is 4.61. The molecule has 0 bridgehead atoms. The van der Waals surface area contributed by atoms with Crippen LogP contribution in [0.1, 0.15) is 6.92 Å². The summed E-state index contributed by atoms with van der Waals surface area (Å²) in [5.41, 5.74) is 0. The maximum absolute atomic E-state index is 13.0. The van der Waals surface area contributed by atoms with Crippen molar-refractivity contribution in [2.45, 2.75) is 16.0 Å². The standard InChI is InChI=1S/C20H23N5O5S2/c1-3-30-14-5-4-6-15(11-14)32(26,27)18-13-21-20(31-18)23-16-12-17(28-2)24-19(22-16)25-7-9-29-10-8-25/h4-6,11-13H,3,7-10H2,1-2H3,(H,21,22,23,24). The molecule has 12 heteroatoms. The molecule has 0 saturated carbocycles. The Labute approximate surface area is 190 Å². The fourth-order valence-electron chi connectivity index (χ4n) is 3.05. The van der Waals surface area contributed by atoms with Crippen LogP contribution >= 0.6 is 11.3 Å². The summed E-state index contributed by atoms with van der Waals surface area (Å²) in [4.78, 5) is 15.3. The Balaban J connectivity index is 1.57. The van der Waals surface area contributed by atoms with Crippen molar-refractivity contribution in [3.8, 4) is 11.6 Å². The minimum Gasteiger partial charge on any atom is -0.494 e. The van der Waals surface area contributed by atoms with Gasteiger partial charge in [0, 0.05) is 19.2 Å². The van der Waals surface area contributed by atoms with E-state index in [9.17, 15) is 8.42 Å². The average molecular weight is 478 g/mol. The molecule has 1 aromatic carbocycles. The van der Waals surface area contributed by atoms with Crippen molar-refractivity contribution in [2.24, 2.45) is 0 Å². The molecule has 0 aliphatic carbocycles. The number of ether oxygens (including phenoxy) is 3. The van der Waals surface area contributed by atoms with E-state index in [0.717, 1.165) is 11.3 Å². The molecule has 170 valence electrons. The highest BCUT2D eigenvalue weighted by molar-refractivity contribution is 7.93. The van der Waals surface area contributed by atoms with Crippen molar-refractivity contribution >= 4 is 38.1 Å². The Morgan fingerprint density at radius 1 is 1.22 bits per heavy atom. The van der Waals surface area contributed by atoms with Gasteiger partial charge in [0.15, 0.2) is 5.13 Å². The highest BCUT2D eigenvalue weighted by Crippen LogP contribution is 2.32. The van der Waals surface area contributed by atoms with E-state index in [4.69, 9.17) is 14.2 Å². The molecule has 0 atom stereocenters. The van der Waals surface area contributed by atoms with Crippen molar-refractivity contribution in [3.05, 3.63) is 36.5 Å². The molecule has 3 heterocycles. The molecule has 0 radical (unpaired) electrons. The number of hydrogen-bond acceptors (Lipinski definition) is 11. The summed E-state index contributed by atoms with van der Waals surface area (Å²) in [6.07, 6.45) is 1.33. The number of thiazole rings is 1. The Kier molecular flexibility index (Phi) is 6.72. The molecule has 10 nitrogen and oxygen atoms in total. The largest absolute Gasteiger partial charge is 0.494 e. The SMILES string of the molecule is CCOc1cccc(S(=O)(=O)c2cnc(Nc3cc(OC)nc(N4CCOCC4)n3)s2)c1. The number of hydrogen-bond donors (Lipinski definition) is 1. The van der Waals surface area contributed by atoms with Gasteiger partial charge < -0.3 is 24.4 Å². The van der Waals surface area contributed by atoms with Crippen molar-refractivity contribution < 1.29 is 22.6 Å². The van der Waals surface area contributed by atoms with Gasteiger partial charge in [0.25, 0.3) is 0 Å².